The molecule has 1 saturated carbocycles. The van der Waals surface area contributed by atoms with E-state index in [1.807, 2.05) is 61.6 Å². The van der Waals surface area contributed by atoms with Gasteiger partial charge in [0.25, 0.3) is 0 Å². The summed E-state index contributed by atoms with van der Waals surface area (Å²) in [5.41, 5.74) is 9.84. The van der Waals surface area contributed by atoms with Crippen molar-refractivity contribution in [2.45, 2.75) is 127 Å². The van der Waals surface area contributed by atoms with Crippen molar-refractivity contribution in [1.29, 1.82) is 0 Å². The van der Waals surface area contributed by atoms with E-state index in [0.29, 0.717) is 74.4 Å². The summed E-state index contributed by atoms with van der Waals surface area (Å²) in [7, 11) is 1.82. The molecule has 0 amide bonds. The number of nitrogens with zero attached hydrogens (tertiary/aromatic N) is 1. The number of aromatic hydroxyl groups is 2. The van der Waals surface area contributed by atoms with Gasteiger partial charge in [-0.2, -0.15) is 0 Å². The maximum atomic E-state index is 13.0. The normalized spacial score (nSPS) is 23.7. The lowest BCUT2D eigenvalue weighted by molar-refractivity contribution is -0.148. The number of nitrogens with one attached hydrogen (secondary N) is 2. The number of H-pyrrole nitrogens is 1. The van der Waals surface area contributed by atoms with Crippen molar-refractivity contribution < 1.29 is 35.4 Å². The molecule has 0 bridgehead atoms. The number of hydrogen-bond acceptors (Lipinski definition) is 9. The van der Waals surface area contributed by atoms with Gasteiger partial charge in [0.15, 0.2) is 0 Å². The van der Waals surface area contributed by atoms with Crippen molar-refractivity contribution >= 4 is 11.8 Å². The van der Waals surface area contributed by atoms with Gasteiger partial charge < -0.3 is 46.7 Å². The predicted octanol–water partition coefficient (Wildman–Crippen LogP) is 8.57. The number of carboxylic acids is 1. The van der Waals surface area contributed by atoms with Gasteiger partial charge in [-0.3, -0.25) is 4.79 Å². The van der Waals surface area contributed by atoms with Crippen molar-refractivity contribution in [3.05, 3.63) is 107 Å². The van der Waals surface area contributed by atoms with Gasteiger partial charge >= 0.3 is 5.97 Å². The third-order valence-electron chi connectivity index (χ3n) is 14.1. The monoisotopic (exact) mass is 865 g/mol. The summed E-state index contributed by atoms with van der Waals surface area (Å²) in [6.07, 6.45) is 16.7. The van der Waals surface area contributed by atoms with Gasteiger partial charge in [0.1, 0.15) is 17.3 Å². The highest BCUT2D eigenvalue weighted by atomic mass is 16.4. The van der Waals surface area contributed by atoms with E-state index in [-0.39, 0.29) is 41.8 Å². The molecule has 0 aliphatic heterocycles. The number of aliphatic hydroxyl groups excluding tert-OH is 2. The fourth-order valence-electron chi connectivity index (χ4n) is 10.8. The Morgan fingerprint density at radius 2 is 1.75 bits per heavy atom. The summed E-state index contributed by atoms with van der Waals surface area (Å²) in [5, 5.41) is 70.7. The van der Waals surface area contributed by atoms with Crippen LogP contribution in [0.4, 0.5) is 5.82 Å². The van der Waals surface area contributed by atoms with Gasteiger partial charge in [0.05, 0.1) is 23.7 Å². The molecule has 342 valence electrons. The lowest BCUT2D eigenvalue weighted by atomic mass is 9.73. The summed E-state index contributed by atoms with van der Waals surface area (Å²) in [6, 6.07) is 20.6. The zero-order chi connectivity index (χ0) is 44.9. The second-order valence-corrected chi connectivity index (χ2v) is 18.8. The third-order valence-corrected chi connectivity index (χ3v) is 14.1. The van der Waals surface area contributed by atoms with Crippen LogP contribution >= 0.6 is 0 Å². The zero-order valence-electron chi connectivity index (χ0n) is 37.3. The molecule has 0 saturated heterocycles. The van der Waals surface area contributed by atoms with E-state index in [1.54, 1.807) is 12.3 Å². The molecule has 11 nitrogen and oxygen atoms in total. The number of nitrogens with two attached hydrogens (primary N) is 1. The highest BCUT2D eigenvalue weighted by Crippen LogP contribution is 2.49. The molecular weight excluding hydrogens is 793 g/mol. The number of carbonyl (C=O) groups is 1. The van der Waals surface area contributed by atoms with Crippen LogP contribution in [0.25, 0.3) is 11.3 Å². The van der Waals surface area contributed by atoms with E-state index in [4.69, 9.17) is 5.73 Å². The van der Waals surface area contributed by atoms with E-state index < -0.39 is 29.5 Å². The van der Waals surface area contributed by atoms with Crippen LogP contribution in [0.5, 0.6) is 11.5 Å². The number of pyridine rings is 1. The highest BCUT2D eigenvalue weighted by molar-refractivity contribution is 5.71. The SMILES string of the molecule is CCCCCC1C=CC(CCCCCC(C(=O)O)C(O)CC(CNC)C2(O)CC(Cc3ccnc(N)c3)CC2Cc2ccc(-c3cc(O)cc(O)c3Cc3ccccc3)[nH]2)C(O)C1. The first kappa shape index (κ1) is 47.8. The number of aromatic amines is 1. The summed E-state index contributed by atoms with van der Waals surface area (Å²) in [6.45, 7) is 2.60. The number of phenolic OH excluding ortho intramolecular Hbond substituents is 2. The molecule has 4 aromatic rings. The first-order valence-electron chi connectivity index (χ1n) is 23.5. The number of nitrogen functional groups attached to an aromatic ring is 1. The van der Waals surface area contributed by atoms with Gasteiger partial charge in [-0.25, -0.2) is 4.98 Å². The Morgan fingerprint density at radius 1 is 0.952 bits per heavy atom. The molecule has 0 spiro atoms. The number of carboxylic acid groups (broad SMARTS) is 1. The van der Waals surface area contributed by atoms with Crippen LogP contribution in [0.15, 0.2) is 85.1 Å². The second kappa shape index (κ2) is 22.8. The van der Waals surface area contributed by atoms with Gasteiger partial charge in [0, 0.05) is 59.6 Å². The molecule has 63 heavy (non-hydrogen) atoms. The molecule has 11 heteroatoms. The second-order valence-electron chi connectivity index (χ2n) is 18.8. The summed E-state index contributed by atoms with van der Waals surface area (Å²) < 4.78 is 0. The Labute approximate surface area is 373 Å². The molecule has 6 rings (SSSR count). The number of anilines is 1. The smallest absolute Gasteiger partial charge is 0.309 e. The summed E-state index contributed by atoms with van der Waals surface area (Å²) >= 11 is 0. The largest absolute Gasteiger partial charge is 0.508 e. The summed E-state index contributed by atoms with van der Waals surface area (Å²) in [4.78, 5) is 20.4. The molecule has 0 radical (unpaired) electrons. The Balaban J connectivity index is 1.15. The molecule has 9 atom stereocenters. The van der Waals surface area contributed by atoms with E-state index in [9.17, 15) is 35.4 Å². The van der Waals surface area contributed by atoms with Crippen molar-refractivity contribution in [1.82, 2.24) is 15.3 Å². The molecule has 9 unspecified atom stereocenters. The number of allylic oxidation sites excluding steroid dienone is 1. The molecule has 2 aromatic heterocycles. The number of rotatable bonds is 24. The Hall–Kier alpha value is -4.68. The van der Waals surface area contributed by atoms with Gasteiger partial charge in [-0.05, 0) is 124 Å². The van der Waals surface area contributed by atoms with Crippen LogP contribution in [0.2, 0.25) is 0 Å². The number of aliphatic hydroxyl groups is 3. The first-order chi connectivity index (χ1) is 30.4. The minimum Gasteiger partial charge on any atom is -0.508 e. The van der Waals surface area contributed by atoms with Gasteiger partial charge in [-0.15, -0.1) is 0 Å². The van der Waals surface area contributed by atoms with Crippen LogP contribution in [0.3, 0.4) is 0 Å². The average Bonchev–Trinajstić information content (AvgIpc) is 3.84. The first-order valence-corrected chi connectivity index (χ1v) is 23.5. The van der Waals surface area contributed by atoms with Crippen molar-refractivity contribution in [3.63, 3.8) is 0 Å². The minimum absolute atomic E-state index is 0.00527. The number of hydrogen-bond donors (Lipinski definition) is 9. The molecule has 2 aromatic carbocycles. The number of aromatic nitrogens is 2. The fourth-order valence-corrected chi connectivity index (χ4v) is 10.8. The maximum absolute atomic E-state index is 13.0. The van der Waals surface area contributed by atoms with Crippen molar-refractivity contribution in [3.8, 4) is 22.8 Å². The molecular formula is C52H72N4O7. The van der Waals surface area contributed by atoms with Gasteiger partial charge in [0.2, 0.25) is 0 Å². The Morgan fingerprint density at radius 3 is 2.48 bits per heavy atom. The molecule has 1 fully saturated rings. The van der Waals surface area contributed by atoms with Crippen molar-refractivity contribution in [2.75, 3.05) is 19.3 Å². The zero-order valence-corrected chi connectivity index (χ0v) is 37.3. The molecule has 10 N–H and O–H groups in total. The van der Waals surface area contributed by atoms with Gasteiger partial charge in [-0.1, -0.05) is 87.9 Å². The molecule has 2 heterocycles. The van der Waals surface area contributed by atoms with E-state index in [0.717, 1.165) is 54.6 Å². The number of benzene rings is 2. The lowest BCUT2D eigenvalue weighted by Gasteiger charge is -2.40. The van der Waals surface area contributed by atoms with E-state index in [2.05, 4.69) is 34.4 Å². The Bertz CT molecular complexity index is 2070. The standard InChI is InChI=1S/C52H72N4O7/c1-3-4-7-12-35-17-18-38(47(58)26-35)15-10-6-11-16-43(51(61)62)48(59)29-40(33-54-2)52(63)32-37(23-36-21-22-55-50(53)27-36)24-39(52)28-41-19-20-46(56-41)44-30-42(57)31-49(60)45(44)25-34-13-8-5-9-14-34/h5,8-9,13-14,17-22,27,30-31,35,37-40,43,47-48,54,56-60,63H,3-4,6-7,10-12,15-16,23-26,28-29,32-33H2,1-2H3,(H2,53,55)(H,61,62). The lowest BCUT2D eigenvalue weighted by Crippen LogP contribution is -2.48. The Kier molecular flexibility index (Phi) is 17.3. The maximum Gasteiger partial charge on any atom is 0.309 e. The van der Waals surface area contributed by atoms with Crippen LogP contribution in [-0.2, 0) is 24.1 Å². The van der Waals surface area contributed by atoms with Crippen molar-refractivity contribution in [2.24, 2.45) is 35.5 Å². The predicted molar refractivity (Wildman–Crippen MR) is 249 cm³/mol. The molecule has 2 aliphatic rings. The third kappa shape index (κ3) is 13.0. The van der Waals surface area contributed by atoms with E-state index in [1.165, 1.54) is 25.3 Å². The summed E-state index contributed by atoms with van der Waals surface area (Å²) in [5.74, 6) is -1.62. The average molecular weight is 865 g/mol. The highest BCUT2D eigenvalue weighted by Gasteiger charge is 2.51. The van der Waals surface area contributed by atoms with Crippen LogP contribution < -0.4 is 11.1 Å². The molecule has 2 aliphatic carbocycles. The fraction of sp³-hybridized carbons (Fsp3) is 0.538. The van der Waals surface area contributed by atoms with Crippen LogP contribution in [-0.4, -0.2) is 78.0 Å². The van der Waals surface area contributed by atoms with Crippen LogP contribution in [0, 0.1) is 35.5 Å². The number of phenols is 2. The van der Waals surface area contributed by atoms with Crippen LogP contribution in [0.1, 0.15) is 113 Å². The number of unbranched alkanes of at least 4 members (excludes halogenated alkanes) is 4. The quantitative estimate of drug-likeness (QED) is 0.0242. The minimum atomic E-state index is -1.24. The topological polar surface area (TPSA) is 205 Å². The number of aliphatic carboxylic acids is 1. The van der Waals surface area contributed by atoms with E-state index >= 15 is 0 Å².